The molecule has 0 aliphatic carbocycles. The number of halogens is 1. The lowest BCUT2D eigenvalue weighted by Crippen LogP contribution is -2.18. The Morgan fingerprint density at radius 1 is 1.47 bits per heavy atom. The predicted molar refractivity (Wildman–Crippen MR) is 76.2 cm³/mol. The van der Waals surface area contributed by atoms with Crippen LogP contribution in [0, 0.1) is 0 Å². The van der Waals surface area contributed by atoms with Gasteiger partial charge in [-0.25, -0.2) is 0 Å². The van der Waals surface area contributed by atoms with Crippen LogP contribution in [-0.4, -0.2) is 31.4 Å². The predicted octanol–water partition coefficient (Wildman–Crippen LogP) is 2.40. The molecular weight excluding hydrogens is 314 g/mol. The number of carbonyl (C=O) groups is 1. The first-order valence-corrected chi connectivity index (χ1v) is 6.25. The smallest absolute Gasteiger partial charge is 0.255 e. The Morgan fingerprint density at radius 2 is 2.21 bits per heavy atom. The fraction of sp³-hybridized carbons (Fsp3) is 0.167. The van der Waals surface area contributed by atoms with E-state index in [0.717, 1.165) is 16.4 Å². The number of anilines is 1. The van der Waals surface area contributed by atoms with Crippen LogP contribution in [-0.2, 0) is 0 Å². The molecule has 3 N–H and O–H groups in total. The summed E-state index contributed by atoms with van der Waals surface area (Å²) in [7, 11) is 3.31. The van der Waals surface area contributed by atoms with Crippen molar-refractivity contribution in [3.63, 3.8) is 0 Å². The molecule has 19 heavy (non-hydrogen) atoms. The van der Waals surface area contributed by atoms with Gasteiger partial charge < -0.3 is 20.3 Å². The summed E-state index contributed by atoms with van der Waals surface area (Å²) in [6.45, 7) is 0. The summed E-state index contributed by atoms with van der Waals surface area (Å²) in [4.78, 5) is 11.9. The van der Waals surface area contributed by atoms with Crippen LogP contribution in [0.1, 0.15) is 16.1 Å². The number of fused-ring (bicyclic) bond motifs is 1. The van der Waals surface area contributed by atoms with E-state index in [9.17, 15) is 4.79 Å². The summed E-state index contributed by atoms with van der Waals surface area (Å²) < 4.78 is 6.34. The first-order chi connectivity index (χ1) is 9.12. The Morgan fingerprint density at radius 3 is 2.79 bits per heavy atom. The molecule has 0 unspecified atom stereocenters. The van der Waals surface area contributed by atoms with Crippen molar-refractivity contribution in [2.24, 2.45) is 5.16 Å². The molecule has 6 nitrogen and oxygen atoms in total. The fourth-order valence-corrected chi connectivity index (χ4v) is 2.37. The van der Waals surface area contributed by atoms with Crippen molar-refractivity contribution in [2.45, 2.75) is 0 Å². The maximum absolute atomic E-state index is 11.9. The molecule has 1 aromatic heterocycles. The minimum Gasteiger partial charge on any atom is -0.454 e. The van der Waals surface area contributed by atoms with Gasteiger partial charge in [-0.1, -0.05) is 5.16 Å². The van der Waals surface area contributed by atoms with E-state index in [1.165, 1.54) is 7.05 Å². The van der Waals surface area contributed by atoms with Crippen LogP contribution in [0.25, 0.3) is 11.0 Å². The van der Waals surface area contributed by atoms with Crippen molar-refractivity contribution in [2.75, 3.05) is 19.4 Å². The molecular formula is C12H12BrN3O3. The van der Waals surface area contributed by atoms with Gasteiger partial charge >= 0.3 is 0 Å². The Hall–Kier alpha value is -2.02. The van der Waals surface area contributed by atoms with E-state index >= 15 is 0 Å². The summed E-state index contributed by atoms with van der Waals surface area (Å²) in [5.41, 5.74) is 1.69. The fourth-order valence-electron chi connectivity index (χ4n) is 1.83. The summed E-state index contributed by atoms with van der Waals surface area (Å²) in [6.07, 6.45) is 1.09. The summed E-state index contributed by atoms with van der Waals surface area (Å²) >= 11 is 3.41. The molecule has 0 spiro atoms. The normalized spacial score (nSPS) is 11.1. The van der Waals surface area contributed by atoms with Crippen molar-refractivity contribution in [1.82, 2.24) is 5.32 Å². The number of rotatable bonds is 3. The Bertz CT molecular complexity index is 664. The third-order valence-corrected chi connectivity index (χ3v) is 3.36. The zero-order chi connectivity index (χ0) is 14.0. The number of furan rings is 1. The summed E-state index contributed by atoms with van der Waals surface area (Å²) in [5.74, 6) is -0.102. The lowest BCUT2D eigenvalue weighted by molar-refractivity contribution is 0.0963. The van der Waals surface area contributed by atoms with Gasteiger partial charge in [-0.15, -0.1) is 0 Å². The highest BCUT2D eigenvalue weighted by molar-refractivity contribution is 9.10. The summed E-state index contributed by atoms with van der Waals surface area (Å²) in [6, 6.07) is 3.55. The SMILES string of the molecule is CNC(=O)c1c(/C=N/O)oc2cc(NC)c(Br)cc12. The van der Waals surface area contributed by atoms with E-state index in [-0.39, 0.29) is 11.7 Å². The Balaban J connectivity index is 2.78. The maximum Gasteiger partial charge on any atom is 0.255 e. The van der Waals surface area contributed by atoms with E-state index in [1.54, 1.807) is 19.2 Å². The lowest BCUT2D eigenvalue weighted by Gasteiger charge is -2.03. The zero-order valence-electron chi connectivity index (χ0n) is 10.3. The molecule has 0 aliphatic rings. The molecule has 0 saturated carbocycles. The molecule has 0 fully saturated rings. The molecule has 1 amide bonds. The highest BCUT2D eigenvalue weighted by Crippen LogP contribution is 2.33. The first-order valence-electron chi connectivity index (χ1n) is 5.45. The van der Waals surface area contributed by atoms with E-state index < -0.39 is 0 Å². The van der Waals surface area contributed by atoms with E-state index in [1.807, 2.05) is 0 Å². The van der Waals surface area contributed by atoms with Gasteiger partial charge in [-0.2, -0.15) is 0 Å². The number of carbonyl (C=O) groups excluding carboxylic acids is 1. The quantitative estimate of drug-likeness (QED) is 0.459. The average Bonchev–Trinajstić information content (AvgIpc) is 2.74. The molecule has 2 aromatic rings. The second-order valence-corrected chi connectivity index (χ2v) is 4.60. The number of nitrogens with zero attached hydrogens (tertiary/aromatic N) is 1. The highest BCUT2D eigenvalue weighted by atomic mass is 79.9. The molecule has 0 radical (unpaired) electrons. The second-order valence-electron chi connectivity index (χ2n) is 3.74. The average molecular weight is 326 g/mol. The standard InChI is InChI=1S/C12H12BrN3O3/c1-14-8-4-9-6(3-7(8)13)11(12(17)15-2)10(19-9)5-16-18/h3-5,14,18H,1-2H3,(H,15,17)/b16-5+. The number of hydrogen-bond acceptors (Lipinski definition) is 5. The summed E-state index contributed by atoms with van der Waals surface area (Å²) in [5, 5.41) is 17.7. The van der Waals surface area contributed by atoms with Gasteiger partial charge in [0.1, 0.15) is 11.8 Å². The molecule has 2 rings (SSSR count). The second kappa shape index (κ2) is 5.31. The molecule has 7 heteroatoms. The van der Waals surface area contributed by atoms with Crippen LogP contribution < -0.4 is 10.6 Å². The van der Waals surface area contributed by atoms with Crippen molar-refractivity contribution < 1.29 is 14.4 Å². The minimum atomic E-state index is -0.308. The van der Waals surface area contributed by atoms with Crippen molar-refractivity contribution in [1.29, 1.82) is 0 Å². The van der Waals surface area contributed by atoms with Gasteiger partial charge in [0, 0.05) is 30.0 Å². The number of oxime groups is 1. The van der Waals surface area contributed by atoms with Gasteiger partial charge in [0.2, 0.25) is 0 Å². The van der Waals surface area contributed by atoms with Crippen LogP contribution in [0.2, 0.25) is 0 Å². The van der Waals surface area contributed by atoms with Gasteiger partial charge in [-0.05, 0) is 22.0 Å². The van der Waals surface area contributed by atoms with Gasteiger partial charge in [0.15, 0.2) is 5.76 Å². The van der Waals surface area contributed by atoms with Crippen LogP contribution in [0.5, 0.6) is 0 Å². The molecule has 0 saturated heterocycles. The van der Waals surface area contributed by atoms with Gasteiger partial charge in [-0.3, -0.25) is 4.79 Å². The van der Waals surface area contributed by atoms with Gasteiger partial charge in [0.25, 0.3) is 5.91 Å². The van der Waals surface area contributed by atoms with Crippen molar-refractivity contribution in [3.8, 4) is 0 Å². The number of amides is 1. The van der Waals surface area contributed by atoms with E-state index in [4.69, 9.17) is 9.62 Å². The topological polar surface area (TPSA) is 86.9 Å². The first kappa shape index (κ1) is 13.4. The third-order valence-electron chi connectivity index (χ3n) is 2.70. The van der Waals surface area contributed by atoms with Crippen molar-refractivity contribution in [3.05, 3.63) is 27.9 Å². The van der Waals surface area contributed by atoms with Gasteiger partial charge in [0.05, 0.1) is 11.3 Å². The molecule has 100 valence electrons. The van der Waals surface area contributed by atoms with E-state index in [2.05, 4.69) is 31.7 Å². The van der Waals surface area contributed by atoms with Crippen LogP contribution in [0.3, 0.4) is 0 Å². The third kappa shape index (κ3) is 2.28. The highest BCUT2D eigenvalue weighted by Gasteiger charge is 2.20. The van der Waals surface area contributed by atoms with E-state index in [0.29, 0.717) is 16.5 Å². The molecule has 1 heterocycles. The lowest BCUT2D eigenvalue weighted by atomic mass is 10.1. The van der Waals surface area contributed by atoms with Crippen LogP contribution >= 0.6 is 15.9 Å². The molecule has 1 aromatic carbocycles. The Kier molecular flexibility index (Phi) is 3.75. The van der Waals surface area contributed by atoms with Crippen LogP contribution in [0.15, 0.2) is 26.2 Å². The monoisotopic (exact) mass is 325 g/mol. The largest absolute Gasteiger partial charge is 0.454 e. The number of nitrogens with one attached hydrogen (secondary N) is 2. The zero-order valence-corrected chi connectivity index (χ0v) is 11.9. The molecule has 0 atom stereocenters. The van der Waals surface area contributed by atoms with Crippen molar-refractivity contribution >= 4 is 44.7 Å². The number of hydrogen-bond donors (Lipinski definition) is 3. The minimum absolute atomic E-state index is 0.206. The molecule has 0 bridgehead atoms. The van der Waals surface area contributed by atoms with Crippen LogP contribution in [0.4, 0.5) is 5.69 Å². The maximum atomic E-state index is 11.9. The molecule has 0 aliphatic heterocycles. The Labute approximate surface area is 117 Å². The number of benzene rings is 1.